The maximum absolute atomic E-state index is 8.59. The number of rotatable bonds is 3. The molecule has 8 heavy (non-hydrogen) atoms. The van der Waals surface area contributed by atoms with E-state index in [9.17, 15) is 0 Å². The van der Waals surface area contributed by atoms with E-state index in [4.69, 9.17) is 10.2 Å². The first-order chi connectivity index (χ1) is 3.31. The molecule has 3 N–H and O–H groups in total. The minimum Gasteiger partial charge on any atom is -0.396 e. The van der Waals surface area contributed by atoms with Crippen LogP contribution in [0.3, 0.4) is 0 Å². The second-order valence-electron chi connectivity index (χ2n) is 1.32. The molecule has 0 amide bonds. The fourth-order valence-electron chi connectivity index (χ4n) is 0.267. The number of aliphatic hydroxyl groups excluding tert-OH is 2. The first kappa shape index (κ1) is 11.0. The molecule has 0 aliphatic heterocycles. The lowest BCUT2D eigenvalue weighted by atomic mass is 10.4. The average Bonchev–Trinajstić information content (AvgIpc) is 1.68. The van der Waals surface area contributed by atoms with Gasteiger partial charge in [0.1, 0.15) is 6.23 Å². The lowest BCUT2D eigenvalue weighted by molar-refractivity contribution is 0.110. The summed E-state index contributed by atoms with van der Waals surface area (Å²) in [6.07, 6.45) is -0.152. The highest BCUT2D eigenvalue weighted by atomic mass is 35.5. The van der Waals surface area contributed by atoms with E-state index < -0.39 is 6.23 Å². The van der Waals surface area contributed by atoms with Gasteiger partial charge in [-0.25, -0.2) is 0 Å². The fraction of sp³-hybridized carbons (Fsp3) is 1.00. The van der Waals surface area contributed by atoms with Crippen molar-refractivity contribution in [3.8, 4) is 0 Å². The Bertz CT molecular complexity index is 45.0. The van der Waals surface area contributed by atoms with Gasteiger partial charge in [-0.3, -0.25) is 5.32 Å². The van der Waals surface area contributed by atoms with Gasteiger partial charge in [0, 0.05) is 13.0 Å². The Labute approximate surface area is 55.1 Å². The third-order valence-corrected chi connectivity index (χ3v) is 0.736. The first-order valence-corrected chi connectivity index (χ1v) is 2.27. The van der Waals surface area contributed by atoms with E-state index in [1.165, 1.54) is 0 Å². The molecule has 0 saturated heterocycles. The molecule has 0 rings (SSSR count). The van der Waals surface area contributed by atoms with Gasteiger partial charge in [0.2, 0.25) is 0 Å². The molecule has 0 aliphatic rings. The predicted octanol–water partition coefficient (Wildman–Crippen LogP) is -0.672. The molecule has 52 valence electrons. The van der Waals surface area contributed by atoms with E-state index in [1.54, 1.807) is 7.05 Å². The Morgan fingerprint density at radius 3 is 2.25 bits per heavy atom. The summed E-state index contributed by atoms with van der Waals surface area (Å²) < 4.78 is 0. The van der Waals surface area contributed by atoms with E-state index >= 15 is 0 Å². The van der Waals surface area contributed by atoms with Crippen molar-refractivity contribution in [1.82, 2.24) is 5.32 Å². The van der Waals surface area contributed by atoms with Crippen molar-refractivity contribution in [2.45, 2.75) is 12.6 Å². The van der Waals surface area contributed by atoms with Crippen molar-refractivity contribution in [2.75, 3.05) is 13.7 Å². The monoisotopic (exact) mass is 141 g/mol. The third kappa shape index (κ3) is 6.17. The van der Waals surface area contributed by atoms with Crippen molar-refractivity contribution in [1.29, 1.82) is 0 Å². The normalized spacial score (nSPS) is 12.4. The Morgan fingerprint density at radius 2 is 2.12 bits per heavy atom. The molecule has 0 aromatic rings. The molecule has 0 saturated carbocycles. The number of halogens is 1. The van der Waals surface area contributed by atoms with Crippen LogP contribution < -0.4 is 5.32 Å². The van der Waals surface area contributed by atoms with Crippen molar-refractivity contribution in [3.63, 3.8) is 0 Å². The highest BCUT2D eigenvalue weighted by molar-refractivity contribution is 5.85. The summed E-state index contributed by atoms with van der Waals surface area (Å²) in [4.78, 5) is 0. The molecule has 1 unspecified atom stereocenters. The van der Waals surface area contributed by atoms with Crippen molar-refractivity contribution < 1.29 is 10.2 Å². The highest BCUT2D eigenvalue weighted by Gasteiger charge is 1.94. The molecule has 0 radical (unpaired) electrons. The molecule has 0 aromatic heterocycles. The van der Waals surface area contributed by atoms with Crippen LogP contribution >= 0.6 is 12.4 Å². The van der Waals surface area contributed by atoms with E-state index in [0.717, 1.165) is 0 Å². The average molecular weight is 142 g/mol. The summed E-state index contributed by atoms with van der Waals surface area (Å²) in [5.41, 5.74) is 0. The molecule has 0 bridgehead atoms. The summed E-state index contributed by atoms with van der Waals surface area (Å²) in [6, 6.07) is 0. The zero-order valence-corrected chi connectivity index (χ0v) is 5.61. The van der Waals surface area contributed by atoms with Crippen molar-refractivity contribution in [3.05, 3.63) is 0 Å². The van der Waals surface area contributed by atoms with Gasteiger partial charge in [0.25, 0.3) is 0 Å². The summed E-state index contributed by atoms with van der Waals surface area (Å²) >= 11 is 0. The SMILES string of the molecule is CNC(O)CCO.Cl. The summed E-state index contributed by atoms with van der Waals surface area (Å²) in [6.45, 7) is 0.0298. The summed E-state index contributed by atoms with van der Waals surface area (Å²) in [5, 5.41) is 19.3. The molecule has 4 heteroatoms. The predicted molar refractivity (Wildman–Crippen MR) is 34.0 cm³/mol. The minimum absolute atomic E-state index is 0. The number of hydrogen-bond acceptors (Lipinski definition) is 3. The van der Waals surface area contributed by atoms with Crippen LogP contribution in [0.25, 0.3) is 0 Å². The van der Waals surface area contributed by atoms with Crippen LogP contribution in [-0.4, -0.2) is 30.1 Å². The topological polar surface area (TPSA) is 52.5 Å². The standard InChI is InChI=1S/C4H11NO2.ClH/c1-5-4(7)2-3-6;/h4-7H,2-3H2,1H3;1H. The van der Waals surface area contributed by atoms with Gasteiger partial charge in [0.15, 0.2) is 0 Å². The van der Waals surface area contributed by atoms with Gasteiger partial charge < -0.3 is 10.2 Å². The van der Waals surface area contributed by atoms with Crippen LogP contribution in [0.4, 0.5) is 0 Å². The molecule has 1 atom stereocenters. The maximum atomic E-state index is 8.59. The van der Waals surface area contributed by atoms with E-state index in [2.05, 4.69) is 5.32 Å². The van der Waals surface area contributed by atoms with Gasteiger partial charge in [-0.05, 0) is 7.05 Å². The van der Waals surface area contributed by atoms with Crippen LogP contribution in [0.15, 0.2) is 0 Å². The number of aliphatic hydroxyl groups is 2. The second-order valence-corrected chi connectivity index (χ2v) is 1.32. The van der Waals surface area contributed by atoms with Gasteiger partial charge in [-0.15, -0.1) is 12.4 Å². The zero-order chi connectivity index (χ0) is 5.70. The van der Waals surface area contributed by atoms with Crippen LogP contribution in [0.5, 0.6) is 0 Å². The van der Waals surface area contributed by atoms with Crippen molar-refractivity contribution >= 4 is 12.4 Å². The van der Waals surface area contributed by atoms with Crippen LogP contribution in [0.2, 0.25) is 0 Å². The first-order valence-electron chi connectivity index (χ1n) is 2.27. The molecule has 3 nitrogen and oxygen atoms in total. The molecule has 0 aromatic carbocycles. The quantitative estimate of drug-likeness (QED) is 0.457. The fourth-order valence-corrected chi connectivity index (χ4v) is 0.267. The maximum Gasteiger partial charge on any atom is 0.106 e. The van der Waals surface area contributed by atoms with Crippen molar-refractivity contribution in [2.24, 2.45) is 0 Å². The molecule has 0 spiro atoms. The Morgan fingerprint density at radius 1 is 1.62 bits per heavy atom. The number of nitrogens with one attached hydrogen (secondary N) is 1. The lowest BCUT2D eigenvalue weighted by Crippen LogP contribution is -2.25. The third-order valence-electron chi connectivity index (χ3n) is 0.736. The molecular formula is C4H12ClNO2. The van der Waals surface area contributed by atoms with Gasteiger partial charge >= 0.3 is 0 Å². The lowest BCUT2D eigenvalue weighted by Gasteiger charge is -2.03. The Hall–Kier alpha value is 0.170. The van der Waals surface area contributed by atoms with Crippen LogP contribution in [-0.2, 0) is 0 Å². The minimum atomic E-state index is -0.551. The largest absolute Gasteiger partial charge is 0.396 e. The van der Waals surface area contributed by atoms with Gasteiger partial charge in [-0.2, -0.15) is 0 Å². The second kappa shape index (κ2) is 7.17. The Kier molecular flexibility index (Phi) is 9.89. The van der Waals surface area contributed by atoms with Crippen LogP contribution in [0, 0.1) is 0 Å². The Balaban J connectivity index is 0. The molecular weight excluding hydrogens is 130 g/mol. The molecule has 0 aliphatic carbocycles. The molecule has 0 fully saturated rings. The zero-order valence-electron chi connectivity index (χ0n) is 4.79. The summed E-state index contributed by atoms with van der Waals surface area (Å²) in [7, 11) is 1.64. The van der Waals surface area contributed by atoms with Crippen LogP contribution in [0.1, 0.15) is 6.42 Å². The van der Waals surface area contributed by atoms with E-state index in [1.807, 2.05) is 0 Å². The summed E-state index contributed by atoms with van der Waals surface area (Å²) in [5.74, 6) is 0. The van der Waals surface area contributed by atoms with E-state index in [0.29, 0.717) is 6.42 Å². The highest BCUT2D eigenvalue weighted by Crippen LogP contribution is 1.79. The molecule has 0 heterocycles. The van der Waals surface area contributed by atoms with E-state index in [-0.39, 0.29) is 19.0 Å². The number of hydrogen-bond donors (Lipinski definition) is 3. The smallest absolute Gasteiger partial charge is 0.106 e. The van der Waals surface area contributed by atoms with Gasteiger partial charge in [-0.1, -0.05) is 0 Å². The van der Waals surface area contributed by atoms with Gasteiger partial charge in [0.05, 0.1) is 0 Å².